The highest BCUT2D eigenvalue weighted by Gasteiger charge is 2.46. The molecule has 4 aliphatic rings. The molecular weight excluding hydrogens is 1580 g/mol. The lowest BCUT2D eigenvalue weighted by atomic mass is 9.80. The summed E-state index contributed by atoms with van der Waals surface area (Å²) in [4.78, 5) is 86.1. The molecule has 3 aliphatic heterocycles. The fourth-order valence-electron chi connectivity index (χ4n) is 17.3. The molecule has 8 aromatic rings. The third kappa shape index (κ3) is 21.7. The van der Waals surface area contributed by atoms with Gasteiger partial charge in [0.2, 0.25) is 46.0 Å². The first-order valence-corrected chi connectivity index (χ1v) is 46.0. The summed E-state index contributed by atoms with van der Waals surface area (Å²) >= 11 is 0. The van der Waals surface area contributed by atoms with Crippen LogP contribution in [0.5, 0.6) is 0 Å². The fraction of sp³-hybridized carbons (Fsp3) is 0.426. The summed E-state index contributed by atoms with van der Waals surface area (Å²) in [5, 5.41) is 24.4. The number of carbonyl (C=O) groups excluding carboxylic acids is 5. The molecule has 4 heterocycles. The number of likely N-dealkylation sites (N-methyl/N-ethyl adjacent to an activating group) is 1. The van der Waals surface area contributed by atoms with E-state index in [1.165, 1.54) is 24.3 Å². The second kappa shape index (κ2) is 40.3. The largest absolute Gasteiger partial charge is 0.375 e. The number of anilines is 4. The molecule has 0 spiro atoms. The molecule has 2 fully saturated rings. The number of para-hydroxylation sites is 1. The summed E-state index contributed by atoms with van der Waals surface area (Å²) in [5.74, 6) is -1.54. The van der Waals surface area contributed by atoms with E-state index in [-0.39, 0.29) is 53.4 Å². The van der Waals surface area contributed by atoms with Gasteiger partial charge in [-0.1, -0.05) is 82.9 Å². The zero-order valence-electron chi connectivity index (χ0n) is 71.8. The van der Waals surface area contributed by atoms with Crippen LogP contribution < -0.4 is 50.8 Å². The number of fused-ring (bicyclic) bond motifs is 4. The molecule has 7 aromatic carbocycles. The minimum Gasteiger partial charge on any atom is -0.375 e. The van der Waals surface area contributed by atoms with Gasteiger partial charge < -0.3 is 51.1 Å². The minimum atomic E-state index is -4.51. The highest BCUT2D eigenvalue weighted by molar-refractivity contribution is 7.86. The molecule has 1 aliphatic carbocycles. The lowest BCUT2D eigenvalue weighted by Gasteiger charge is -2.38. The van der Waals surface area contributed by atoms with Crippen LogP contribution in [-0.2, 0) is 50.2 Å². The first-order chi connectivity index (χ1) is 58.5. The molecule has 1 saturated carbocycles. The number of nitrogens with zero attached hydrogens (tertiary/aromatic N) is 10. The van der Waals surface area contributed by atoms with E-state index in [0.717, 1.165) is 131 Å². The Morgan fingerprint density at radius 2 is 1.25 bits per heavy atom. The van der Waals surface area contributed by atoms with Crippen LogP contribution in [0.25, 0.3) is 27.8 Å². The van der Waals surface area contributed by atoms with Crippen molar-refractivity contribution in [3.05, 3.63) is 204 Å². The number of amides is 5. The molecule has 26 nitrogen and oxygen atoms in total. The molecule has 1 atom stereocenters. The van der Waals surface area contributed by atoms with Crippen LogP contribution in [0, 0.1) is 0 Å². The van der Waals surface area contributed by atoms with Crippen molar-refractivity contribution in [2.24, 2.45) is 10.2 Å². The predicted octanol–water partition coefficient (Wildman–Crippen LogP) is 14.4. The second-order valence-corrected chi connectivity index (χ2v) is 35.9. The Labute approximate surface area is 718 Å². The summed E-state index contributed by atoms with van der Waals surface area (Å²) in [6, 6.07) is 46.3. The zero-order chi connectivity index (χ0) is 86.9. The van der Waals surface area contributed by atoms with Crippen LogP contribution in [0.15, 0.2) is 208 Å². The number of azo groups is 1. The number of aromatic nitrogens is 2. The van der Waals surface area contributed by atoms with Gasteiger partial charge in [-0.25, -0.2) is 4.98 Å². The number of nitrogens with one attached hydrogen (secondary N) is 5. The van der Waals surface area contributed by atoms with Gasteiger partial charge in [-0.15, -0.1) is 4.57 Å². The lowest BCUT2D eigenvalue weighted by Crippen LogP contribution is -2.62. The van der Waals surface area contributed by atoms with Gasteiger partial charge in [0.1, 0.15) is 29.2 Å². The van der Waals surface area contributed by atoms with Crippen molar-refractivity contribution in [1.29, 1.82) is 0 Å². The lowest BCUT2D eigenvalue weighted by molar-refractivity contribution is -0.538. The molecule has 0 unspecified atom stereocenters. The minimum absolute atomic E-state index is 0.0795. The highest BCUT2D eigenvalue weighted by Crippen LogP contribution is 2.49. The van der Waals surface area contributed by atoms with Gasteiger partial charge in [-0.3, -0.25) is 33.1 Å². The van der Waals surface area contributed by atoms with Gasteiger partial charge in [-0.2, -0.15) is 31.6 Å². The van der Waals surface area contributed by atoms with Gasteiger partial charge in [0.25, 0.3) is 26.1 Å². The molecule has 1 saturated heterocycles. The van der Waals surface area contributed by atoms with Crippen LogP contribution in [0.4, 0.5) is 39.8 Å². The Balaban J connectivity index is 0.629. The van der Waals surface area contributed by atoms with E-state index in [1.807, 2.05) is 145 Å². The summed E-state index contributed by atoms with van der Waals surface area (Å²) in [6.45, 7) is 25.3. The van der Waals surface area contributed by atoms with Crippen LogP contribution in [-0.4, -0.2) is 179 Å². The predicted molar refractivity (Wildman–Crippen MR) is 483 cm³/mol. The van der Waals surface area contributed by atoms with E-state index in [4.69, 9.17) is 4.98 Å². The molecule has 0 bridgehead atoms. The van der Waals surface area contributed by atoms with Gasteiger partial charge in [-0.05, 0) is 207 Å². The van der Waals surface area contributed by atoms with Crippen LogP contribution in [0.1, 0.15) is 167 Å². The molecule has 7 N–H and O–H groups in total. The van der Waals surface area contributed by atoms with E-state index in [0.29, 0.717) is 114 Å². The Morgan fingerprint density at radius 3 is 1.93 bits per heavy atom. The van der Waals surface area contributed by atoms with Crippen molar-refractivity contribution in [3.63, 3.8) is 0 Å². The molecule has 28 heteroatoms. The third-order valence-electron chi connectivity index (χ3n) is 24.3. The first-order valence-electron chi connectivity index (χ1n) is 43.1. The number of benzene rings is 7. The number of piperazine rings is 1. The molecule has 646 valence electrons. The van der Waals surface area contributed by atoms with Crippen molar-refractivity contribution >= 4 is 117 Å². The number of carbonyl (C=O) groups is 5. The average Bonchev–Trinajstić information content (AvgIpc) is 1.50. The molecular formula is C94H119N15O11S2+2. The molecule has 1 aromatic heterocycles. The maximum atomic E-state index is 14.8. The van der Waals surface area contributed by atoms with E-state index in [2.05, 4.69) is 122 Å². The maximum absolute atomic E-state index is 14.8. The highest BCUT2D eigenvalue weighted by atomic mass is 32.2. The van der Waals surface area contributed by atoms with Gasteiger partial charge >= 0.3 is 0 Å². The monoisotopic (exact) mass is 1700 g/mol. The summed E-state index contributed by atoms with van der Waals surface area (Å²) in [6.07, 6.45) is 17.0. The number of unbranched alkanes of at least 4 members (excludes halogenated alkanes) is 3. The summed E-state index contributed by atoms with van der Waals surface area (Å²) in [5.41, 5.74) is 12.0. The van der Waals surface area contributed by atoms with Crippen LogP contribution in [0.2, 0.25) is 0 Å². The Hall–Kier alpha value is -11.0. The van der Waals surface area contributed by atoms with Gasteiger partial charge in [0, 0.05) is 173 Å². The first kappa shape index (κ1) is 90.2. The molecule has 5 amide bonds. The number of hydrogen-bond acceptors (Lipinski definition) is 17. The SMILES string of the molecule is CCN1CCN(c2ccc(C(=O)NC3(C(=O)N[C@@H](CCCCNC(=O)CCCN(C)c4ccc(N=Nc5ccc6nc7ccc(N(CC)CC)cc7[n+](-c7ccccc7)c6c5)cc4)C(=O)NCCNC(=O)CCCCCN4\C(=C/C=C/C=C/C5=[N+](CC)c6ccc(S(=O)(=O)O)cc6C5(C)C)C(C)(C)c5cc(S(=O)(=O)O)ccc54)CCCCC3)cc2)CC1. The van der Waals surface area contributed by atoms with Crippen LogP contribution in [0.3, 0.4) is 0 Å². The van der Waals surface area contributed by atoms with Crippen molar-refractivity contribution in [1.82, 2.24) is 36.5 Å². The van der Waals surface area contributed by atoms with E-state index in [9.17, 15) is 49.9 Å². The van der Waals surface area contributed by atoms with Crippen LogP contribution >= 0.6 is 0 Å². The zero-order valence-corrected chi connectivity index (χ0v) is 73.5. The number of rotatable bonds is 38. The van der Waals surface area contributed by atoms with Crippen molar-refractivity contribution < 1.29 is 59.1 Å². The van der Waals surface area contributed by atoms with E-state index >= 15 is 0 Å². The van der Waals surface area contributed by atoms with Gasteiger partial charge in [0.05, 0.1) is 26.6 Å². The smallest absolute Gasteiger partial charge is 0.294 e. The third-order valence-corrected chi connectivity index (χ3v) is 26.0. The topological polar surface area (TPSA) is 315 Å². The molecule has 0 radical (unpaired) electrons. The molecule has 122 heavy (non-hydrogen) atoms. The fourth-order valence-corrected chi connectivity index (χ4v) is 18.3. The van der Waals surface area contributed by atoms with Crippen molar-refractivity contribution in [2.45, 2.75) is 177 Å². The Bertz CT molecular complexity index is 5500. The number of hydrogen-bond donors (Lipinski definition) is 7. The second-order valence-electron chi connectivity index (χ2n) is 33.1. The summed E-state index contributed by atoms with van der Waals surface area (Å²) in [7, 11) is -6.94. The van der Waals surface area contributed by atoms with E-state index in [1.54, 1.807) is 24.3 Å². The van der Waals surface area contributed by atoms with Crippen molar-refractivity contribution in [3.8, 4) is 5.69 Å². The number of allylic oxidation sites excluding steroid dienone is 6. The molecule has 12 rings (SSSR count). The van der Waals surface area contributed by atoms with Crippen molar-refractivity contribution in [2.75, 3.05) is 112 Å². The summed E-state index contributed by atoms with van der Waals surface area (Å²) < 4.78 is 73.3. The quantitative estimate of drug-likeness (QED) is 0.00472. The average molecular weight is 1700 g/mol. The normalized spacial score (nSPS) is 16.4. The Kier molecular flexibility index (Phi) is 29.8. The standard InChI is InChI=1S/C94H117N15O11S2/c1-10-104-59-61-106(62-60-104)71-41-36-67(37-42-71)89(112)100-94(52-24-17-25-53-94)91(114)99-80(31-23-26-54-95-88(111)35-28-57-103(9)70-43-38-68(39-44-70)101-102-69-40-48-78-83(63-69)109(72-29-18-14-19-30-72)84-64-73(105(11-2)12-3)45-49-79(84)98-78)90(113)97-56-55-96-87(110)34-22-16-27-58-108-82-51-47-75(122(118,119)120)66-77(82)93(7,8)86(108)33-21-15-20-32-85-92(5,6)76-65-74(121(115,116)117)46-50-81(76)107(85)13-4/h14-15,18-21,29-30,32-33,36-51,63-66,80H,10-13,16-17,22-28,31,34-35,52-62H2,1-9H3,(H5-2,95,96,97,99,100,110,111,112,113,114,115,116,117,118,119,120)/p+2/t80-/m0/s1. The van der Waals surface area contributed by atoms with E-state index < -0.39 is 54.5 Å². The maximum Gasteiger partial charge on any atom is 0.294 e. The van der Waals surface area contributed by atoms with Gasteiger partial charge in [0.15, 0.2) is 5.71 Å². The Morgan fingerprint density at radius 1 is 0.615 bits per heavy atom.